The average molecular weight is 286 g/mol. The minimum atomic E-state index is 0.402. The number of hydrogen-bond acceptors (Lipinski definition) is 4. The molecule has 2 aromatic heterocycles. The lowest BCUT2D eigenvalue weighted by Crippen LogP contribution is -2.37. The molecule has 0 bridgehead atoms. The second-order valence-electron chi connectivity index (χ2n) is 5.62. The van der Waals surface area contributed by atoms with Gasteiger partial charge >= 0.3 is 0 Å². The second kappa shape index (κ2) is 6.37. The molecule has 5 heteroatoms. The van der Waals surface area contributed by atoms with E-state index in [1.807, 2.05) is 19.2 Å². The number of aromatic nitrogens is 3. The fourth-order valence-corrected chi connectivity index (χ4v) is 2.95. The van der Waals surface area contributed by atoms with Gasteiger partial charge in [0.15, 0.2) is 0 Å². The average Bonchev–Trinajstić information content (AvgIpc) is 2.84. The number of ether oxygens (including phenoxy) is 1. The van der Waals surface area contributed by atoms with Crippen molar-refractivity contribution in [2.24, 2.45) is 0 Å². The van der Waals surface area contributed by atoms with Crippen LogP contribution in [0.4, 0.5) is 0 Å². The van der Waals surface area contributed by atoms with Gasteiger partial charge in [-0.25, -0.2) is 0 Å². The number of fused-ring (bicyclic) bond motifs is 1. The first kappa shape index (κ1) is 14.2. The van der Waals surface area contributed by atoms with Crippen LogP contribution in [0, 0.1) is 6.92 Å². The van der Waals surface area contributed by atoms with E-state index in [0.717, 1.165) is 44.0 Å². The fraction of sp³-hybridized carbons (Fsp3) is 0.500. The molecule has 2 aromatic rings. The largest absolute Gasteiger partial charge is 0.383 e. The Hall–Kier alpha value is -1.72. The van der Waals surface area contributed by atoms with Crippen molar-refractivity contribution < 1.29 is 4.74 Å². The van der Waals surface area contributed by atoms with Crippen LogP contribution in [0.2, 0.25) is 0 Å². The van der Waals surface area contributed by atoms with E-state index in [0.29, 0.717) is 6.04 Å². The molecule has 0 radical (unpaired) electrons. The van der Waals surface area contributed by atoms with Crippen molar-refractivity contribution in [3.63, 3.8) is 0 Å². The molecule has 0 amide bonds. The van der Waals surface area contributed by atoms with E-state index in [1.165, 1.54) is 5.69 Å². The maximum atomic E-state index is 5.41. The number of nitrogens with zero attached hydrogens (tertiary/aromatic N) is 4. The van der Waals surface area contributed by atoms with Gasteiger partial charge in [-0.2, -0.15) is 5.10 Å². The summed E-state index contributed by atoms with van der Waals surface area (Å²) in [5.41, 5.74) is 3.45. The van der Waals surface area contributed by atoms with Crippen LogP contribution in [0.5, 0.6) is 0 Å². The Balaban J connectivity index is 1.81. The number of methoxy groups -OCH3 is 1. The molecule has 0 fully saturated rings. The van der Waals surface area contributed by atoms with E-state index in [-0.39, 0.29) is 0 Å². The van der Waals surface area contributed by atoms with Crippen molar-refractivity contribution in [1.29, 1.82) is 0 Å². The Labute approximate surface area is 125 Å². The molecule has 0 aliphatic carbocycles. The molecule has 1 unspecified atom stereocenters. The third kappa shape index (κ3) is 3.31. The first-order chi connectivity index (χ1) is 10.3. The highest BCUT2D eigenvalue weighted by Crippen LogP contribution is 2.19. The predicted molar refractivity (Wildman–Crippen MR) is 80.7 cm³/mol. The molecule has 0 N–H and O–H groups in total. The molecule has 0 saturated heterocycles. The highest BCUT2D eigenvalue weighted by atomic mass is 16.5. The Bertz CT molecular complexity index is 595. The van der Waals surface area contributed by atoms with Crippen LogP contribution < -0.4 is 0 Å². The summed E-state index contributed by atoms with van der Waals surface area (Å²) in [6, 6.07) is 8.71. The van der Waals surface area contributed by atoms with E-state index in [4.69, 9.17) is 4.74 Å². The van der Waals surface area contributed by atoms with Crippen LogP contribution >= 0.6 is 0 Å². The lowest BCUT2D eigenvalue weighted by Gasteiger charge is -2.28. The molecule has 112 valence electrons. The second-order valence-corrected chi connectivity index (χ2v) is 5.62. The zero-order chi connectivity index (χ0) is 14.7. The van der Waals surface area contributed by atoms with Crippen LogP contribution in [0.1, 0.15) is 23.5 Å². The lowest BCUT2D eigenvalue weighted by molar-refractivity contribution is 0.0772. The summed E-state index contributed by atoms with van der Waals surface area (Å²) >= 11 is 0. The van der Waals surface area contributed by atoms with E-state index in [1.54, 1.807) is 7.11 Å². The first-order valence-corrected chi connectivity index (χ1v) is 7.42. The maximum absolute atomic E-state index is 5.41. The summed E-state index contributed by atoms with van der Waals surface area (Å²) in [5, 5.41) is 4.40. The Morgan fingerprint density at radius 1 is 1.33 bits per heavy atom. The highest BCUT2D eigenvalue weighted by molar-refractivity contribution is 5.11. The van der Waals surface area contributed by atoms with Gasteiger partial charge in [-0.3, -0.25) is 14.6 Å². The molecular formula is C16H22N4O. The van der Waals surface area contributed by atoms with Gasteiger partial charge in [0.2, 0.25) is 0 Å². The zero-order valence-electron chi connectivity index (χ0n) is 12.7. The van der Waals surface area contributed by atoms with Crippen molar-refractivity contribution in [3.8, 4) is 0 Å². The smallest absolute Gasteiger partial charge is 0.0619 e. The molecule has 21 heavy (non-hydrogen) atoms. The third-order valence-electron chi connectivity index (χ3n) is 4.03. The molecule has 1 aliphatic heterocycles. The van der Waals surface area contributed by atoms with Gasteiger partial charge in [0.05, 0.1) is 18.0 Å². The van der Waals surface area contributed by atoms with Crippen molar-refractivity contribution >= 4 is 0 Å². The van der Waals surface area contributed by atoms with Crippen molar-refractivity contribution in [2.75, 3.05) is 13.7 Å². The van der Waals surface area contributed by atoms with Gasteiger partial charge < -0.3 is 4.74 Å². The molecule has 1 aliphatic rings. The van der Waals surface area contributed by atoms with Crippen molar-refractivity contribution in [3.05, 3.63) is 47.5 Å². The normalized spacial score (nSPS) is 19.2. The van der Waals surface area contributed by atoms with Crippen molar-refractivity contribution in [2.45, 2.75) is 39.0 Å². The minimum Gasteiger partial charge on any atom is -0.383 e. The van der Waals surface area contributed by atoms with E-state index >= 15 is 0 Å². The molecule has 5 nitrogen and oxygen atoms in total. The van der Waals surface area contributed by atoms with Gasteiger partial charge in [-0.05, 0) is 31.5 Å². The molecule has 0 saturated carbocycles. The summed E-state index contributed by atoms with van der Waals surface area (Å²) in [4.78, 5) is 7.08. The molecule has 1 atom stereocenters. The molecule has 0 spiro atoms. The zero-order valence-corrected chi connectivity index (χ0v) is 12.7. The summed E-state index contributed by atoms with van der Waals surface area (Å²) in [6.45, 7) is 5.48. The summed E-state index contributed by atoms with van der Waals surface area (Å²) in [7, 11) is 1.77. The molecule has 0 aromatic carbocycles. The predicted octanol–water partition coefficient (Wildman–Crippen LogP) is 2.01. The summed E-state index contributed by atoms with van der Waals surface area (Å²) in [5.74, 6) is 0. The van der Waals surface area contributed by atoms with Crippen LogP contribution in [0.25, 0.3) is 0 Å². The van der Waals surface area contributed by atoms with Gasteiger partial charge in [0.1, 0.15) is 0 Å². The van der Waals surface area contributed by atoms with Crippen LogP contribution in [-0.4, -0.2) is 39.4 Å². The summed E-state index contributed by atoms with van der Waals surface area (Å²) < 4.78 is 7.52. The van der Waals surface area contributed by atoms with Gasteiger partial charge in [-0.1, -0.05) is 6.07 Å². The lowest BCUT2D eigenvalue weighted by atomic mass is 10.1. The number of aryl methyl sites for hydroxylation is 2. The van der Waals surface area contributed by atoms with E-state index in [9.17, 15) is 0 Å². The van der Waals surface area contributed by atoms with E-state index in [2.05, 4.69) is 37.9 Å². The van der Waals surface area contributed by atoms with Gasteiger partial charge in [0, 0.05) is 44.7 Å². The van der Waals surface area contributed by atoms with Gasteiger partial charge in [-0.15, -0.1) is 0 Å². The third-order valence-corrected chi connectivity index (χ3v) is 4.03. The Kier molecular flexibility index (Phi) is 4.31. The van der Waals surface area contributed by atoms with Crippen molar-refractivity contribution in [1.82, 2.24) is 19.7 Å². The first-order valence-electron chi connectivity index (χ1n) is 7.42. The molecule has 3 heterocycles. The van der Waals surface area contributed by atoms with Crippen LogP contribution in [-0.2, 0) is 24.4 Å². The topological polar surface area (TPSA) is 43.2 Å². The molecule has 3 rings (SSSR count). The maximum Gasteiger partial charge on any atom is 0.0619 e. The standard InChI is InChI=1S/C16H22N4O/c1-13-4-3-5-14(18-13)10-19-11-15-6-8-17-20(15)9-7-16(19)12-21-2/h3-6,8,16H,7,9-12H2,1-2H3. The fourth-order valence-electron chi connectivity index (χ4n) is 2.95. The Morgan fingerprint density at radius 2 is 2.24 bits per heavy atom. The summed E-state index contributed by atoms with van der Waals surface area (Å²) in [6.07, 6.45) is 2.93. The number of rotatable bonds is 4. The molecular weight excluding hydrogens is 264 g/mol. The minimum absolute atomic E-state index is 0.402. The Morgan fingerprint density at radius 3 is 3.05 bits per heavy atom. The monoisotopic (exact) mass is 286 g/mol. The highest BCUT2D eigenvalue weighted by Gasteiger charge is 2.24. The SMILES string of the molecule is COCC1CCn2nccc2CN1Cc1cccc(C)n1. The van der Waals surface area contributed by atoms with Gasteiger partial charge in [0.25, 0.3) is 0 Å². The van der Waals surface area contributed by atoms with Crippen LogP contribution in [0.3, 0.4) is 0 Å². The quantitative estimate of drug-likeness (QED) is 0.862. The number of pyridine rings is 1. The van der Waals surface area contributed by atoms with E-state index < -0.39 is 0 Å². The van der Waals surface area contributed by atoms with Crippen LogP contribution in [0.15, 0.2) is 30.5 Å². The number of hydrogen-bond donors (Lipinski definition) is 0.